The molecule has 0 spiro atoms. The van der Waals surface area contributed by atoms with E-state index in [1.54, 1.807) is 36.4 Å². The highest BCUT2D eigenvalue weighted by Gasteiger charge is 2.27. The van der Waals surface area contributed by atoms with Crippen molar-refractivity contribution in [1.82, 2.24) is 4.31 Å². The number of halogens is 3. The van der Waals surface area contributed by atoms with E-state index >= 15 is 0 Å². The minimum Gasteiger partial charge on any atom is -0.325 e. The quantitative estimate of drug-likeness (QED) is 0.377. The molecule has 32 heavy (non-hydrogen) atoms. The van der Waals surface area contributed by atoms with Crippen molar-refractivity contribution in [2.45, 2.75) is 25.3 Å². The lowest BCUT2D eigenvalue weighted by atomic mass is 10.1. The summed E-state index contributed by atoms with van der Waals surface area (Å²) in [6.07, 6.45) is 0. The first-order chi connectivity index (χ1) is 15.1. The minimum absolute atomic E-state index is 0.0460. The highest BCUT2D eigenvalue weighted by molar-refractivity contribution is 9.10. The summed E-state index contributed by atoms with van der Waals surface area (Å²) in [6, 6.07) is 16.8. The number of amides is 1. The summed E-state index contributed by atoms with van der Waals surface area (Å²) in [6.45, 7) is 3.43. The monoisotopic (exact) mass is 554 g/mol. The van der Waals surface area contributed by atoms with Crippen molar-refractivity contribution in [3.05, 3.63) is 91.9 Å². The number of nitrogens with one attached hydrogen (secondary N) is 1. The van der Waals surface area contributed by atoms with Gasteiger partial charge in [0.2, 0.25) is 15.9 Å². The predicted octanol–water partition coefficient (Wildman–Crippen LogP) is 6.20. The van der Waals surface area contributed by atoms with Crippen molar-refractivity contribution in [3.8, 4) is 0 Å². The van der Waals surface area contributed by atoms with Gasteiger partial charge < -0.3 is 5.32 Å². The van der Waals surface area contributed by atoms with E-state index < -0.39 is 15.9 Å². The highest BCUT2D eigenvalue weighted by atomic mass is 79.9. The van der Waals surface area contributed by atoms with Crippen LogP contribution in [0.4, 0.5) is 5.69 Å². The Morgan fingerprint density at radius 3 is 2.28 bits per heavy atom. The molecule has 0 aliphatic carbocycles. The van der Waals surface area contributed by atoms with Gasteiger partial charge in [-0.15, -0.1) is 0 Å². The second-order valence-corrected chi connectivity index (χ2v) is 11.0. The Balaban J connectivity index is 1.90. The molecule has 0 heterocycles. The fourth-order valence-electron chi connectivity index (χ4n) is 3.13. The number of hydrogen-bond acceptors (Lipinski definition) is 3. The van der Waals surface area contributed by atoms with Crippen molar-refractivity contribution in [2.24, 2.45) is 0 Å². The van der Waals surface area contributed by atoms with Crippen LogP contribution in [0.3, 0.4) is 0 Å². The molecule has 168 valence electrons. The number of carbonyl (C=O) groups excluding carboxylic acids is 1. The molecule has 9 heteroatoms. The van der Waals surface area contributed by atoms with Crippen molar-refractivity contribution in [2.75, 3.05) is 11.9 Å². The average molecular weight is 556 g/mol. The molecule has 0 fully saturated rings. The fraction of sp³-hybridized carbons (Fsp3) is 0.174. The maximum Gasteiger partial charge on any atom is 0.243 e. The van der Waals surface area contributed by atoms with Crippen LogP contribution < -0.4 is 5.32 Å². The standard InChI is InChI=1S/C23H21BrCl2N2O3S/c1-15-3-10-22(16(2)11-15)27-23(29)14-28(13-17-4-9-20(25)21(26)12-17)32(30,31)19-7-5-18(24)6-8-19/h3-12H,13-14H2,1-2H3,(H,27,29). The Hall–Kier alpha value is -1.90. The molecule has 1 amide bonds. The maximum absolute atomic E-state index is 13.4. The SMILES string of the molecule is Cc1ccc(NC(=O)CN(Cc2ccc(Cl)c(Cl)c2)S(=O)(=O)c2ccc(Br)cc2)c(C)c1. The van der Waals surface area contributed by atoms with Gasteiger partial charge >= 0.3 is 0 Å². The smallest absolute Gasteiger partial charge is 0.243 e. The molecule has 0 unspecified atom stereocenters. The molecular weight excluding hydrogens is 535 g/mol. The Labute approximate surface area is 206 Å². The average Bonchev–Trinajstić information content (AvgIpc) is 2.72. The summed E-state index contributed by atoms with van der Waals surface area (Å²) < 4.78 is 28.6. The first kappa shape index (κ1) is 24.7. The second-order valence-electron chi connectivity index (χ2n) is 7.34. The number of benzene rings is 3. The van der Waals surface area contributed by atoms with Crippen LogP contribution in [-0.2, 0) is 21.4 Å². The van der Waals surface area contributed by atoms with Gasteiger partial charge in [-0.3, -0.25) is 4.79 Å². The van der Waals surface area contributed by atoms with Crippen LogP contribution in [0.1, 0.15) is 16.7 Å². The zero-order valence-electron chi connectivity index (χ0n) is 17.4. The third kappa shape index (κ3) is 6.11. The topological polar surface area (TPSA) is 66.5 Å². The third-order valence-electron chi connectivity index (χ3n) is 4.77. The Morgan fingerprint density at radius 1 is 0.969 bits per heavy atom. The van der Waals surface area contributed by atoms with E-state index in [0.717, 1.165) is 19.9 Å². The summed E-state index contributed by atoms with van der Waals surface area (Å²) >= 11 is 15.4. The summed E-state index contributed by atoms with van der Waals surface area (Å²) in [5, 5.41) is 3.48. The van der Waals surface area contributed by atoms with Crippen LogP contribution >= 0.6 is 39.1 Å². The number of anilines is 1. The first-order valence-corrected chi connectivity index (χ1v) is 12.6. The van der Waals surface area contributed by atoms with Gasteiger partial charge in [-0.25, -0.2) is 8.42 Å². The van der Waals surface area contributed by atoms with E-state index in [0.29, 0.717) is 21.3 Å². The minimum atomic E-state index is -3.97. The molecule has 3 aromatic rings. The van der Waals surface area contributed by atoms with Gasteiger partial charge in [-0.2, -0.15) is 4.31 Å². The molecule has 3 aromatic carbocycles. The number of aryl methyl sites for hydroxylation is 2. The van der Waals surface area contributed by atoms with Gasteiger partial charge in [0.15, 0.2) is 0 Å². The van der Waals surface area contributed by atoms with E-state index in [9.17, 15) is 13.2 Å². The Morgan fingerprint density at radius 2 is 1.66 bits per heavy atom. The van der Waals surface area contributed by atoms with Crippen LogP contribution in [0.15, 0.2) is 70.0 Å². The van der Waals surface area contributed by atoms with Crippen LogP contribution in [0.25, 0.3) is 0 Å². The van der Waals surface area contributed by atoms with Gasteiger partial charge in [0.25, 0.3) is 0 Å². The zero-order valence-corrected chi connectivity index (χ0v) is 21.3. The molecular formula is C23H21BrCl2N2O3S. The molecule has 0 radical (unpaired) electrons. The van der Waals surface area contributed by atoms with Gasteiger partial charge in [-0.05, 0) is 67.4 Å². The lowest BCUT2D eigenvalue weighted by molar-refractivity contribution is -0.116. The predicted molar refractivity (Wildman–Crippen MR) is 133 cm³/mol. The first-order valence-electron chi connectivity index (χ1n) is 9.63. The summed E-state index contributed by atoms with van der Waals surface area (Å²) in [4.78, 5) is 12.9. The number of rotatable bonds is 7. The molecule has 1 N–H and O–H groups in total. The Bertz CT molecular complexity index is 1250. The number of hydrogen-bond donors (Lipinski definition) is 1. The maximum atomic E-state index is 13.4. The van der Waals surface area contributed by atoms with Gasteiger partial charge in [0.1, 0.15) is 0 Å². The summed E-state index contributed by atoms with van der Waals surface area (Å²) in [7, 11) is -3.97. The molecule has 0 atom stereocenters. The van der Waals surface area contributed by atoms with E-state index in [4.69, 9.17) is 23.2 Å². The number of sulfonamides is 1. The second kappa shape index (κ2) is 10.4. The molecule has 0 aromatic heterocycles. The summed E-state index contributed by atoms with van der Waals surface area (Å²) in [5.41, 5.74) is 3.21. The largest absolute Gasteiger partial charge is 0.325 e. The van der Waals surface area contributed by atoms with Crippen molar-refractivity contribution in [1.29, 1.82) is 0 Å². The lowest BCUT2D eigenvalue weighted by Crippen LogP contribution is -2.37. The van der Waals surface area contributed by atoms with E-state index in [-0.39, 0.29) is 18.0 Å². The molecule has 0 saturated carbocycles. The Kier molecular flexibility index (Phi) is 8.01. The van der Waals surface area contributed by atoms with Crippen molar-refractivity contribution >= 4 is 60.7 Å². The van der Waals surface area contributed by atoms with Crippen LogP contribution in [-0.4, -0.2) is 25.2 Å². The molecule has 0 aliphatic rings. The highest BCUT2D eigenvalue weighted by Crippen LogP contribution is 2.26. The van der Waals surface area contributed by atoms with Crippen LogP contribution in [0.5, 0.6) is 0 Å². The fourth-order valence-corrected chi connectivity index (χ4v) is 5.10. The summed E-state index contributed by atoms with van der Waals surface area (Å²) in [5.74, 6) is -0.447. The molecule has 0 saturated heterocycles. The molecule has 3 rings (SSSR count). The molecule has 0 bridgehead atoms. The van der Waals surface area contributed by atoms with E-state index in [2.05, 4.69) is 21.2 Å². The molecule has 5 nitrogen and oxygen atoms in total. The third-order valence-corrected chi connectivity index (χ3v) is 7.84. The van der Waals surface area contributed by atoms with Crippen molar-refractivity contribution in [3.63, 3.8) is 0 Å². The number of carbonyl (C=O) groups is 1. The van der Waals surface area contributed by atoms with Gasteiger partial charge in [0, 0.05) is 16.7 Å². The normalized spacial score (nSPS) is 11.6. The van der Waals surface area contributed by atoms with E-state index in [1.165, 1.54) is 12.1 Å². The zero-order chi connectivity index (χ0) is 23.5. The van der Waals surface area contributed by atoms with Gasteiger partial charge in [-0.1, -0.05) is 62.9 Å². The van der Waals surface area contributed by atoms with Crippen molar-refractivity contribution < 1.29 is 13.2 Å². The van der Waals surface area contributed by atoms with E-state index in [1.807, 2.05) is 26.0 Å². The van der Waals surface area contributed by atoms with Crippen LogP contribution in [0.2, 0.25) is 10.0 Å². The lowest BCUT2D eigenvalue weighted by Gasteiger charge is -2.22. The molecule has 0 aliphatic heterocycles. The van der Waals surface area contributed by atoms with Crippen LogP contribution in [0, 0.1) is 13.8 Å². The van der Waals surface area contributed by atoms with Gasteiger partial charge in [0.05, 0.1) is 21.5 Å². The number of nitrogens with zero attached hydrogens (tertiary/aromatic N) is 1.